The second-order valence-electron chi connectivity index (χ2n) is 6.07. The fourth-order valence-corrected chi connectivity index (χ4v) is 1.10. The molecule has 0 fully saturated rings. The number of carbonyl (C=O) groups excluding carboxylic acids is 2. The molecule has 0 bridgehead atoms. The molecular weight excluding hydrogens is 270 g/mol. The molecule has 0 heterocycles. The summed E-state index contributed by atoms with van der Waals surface area (Å²) in [7, 11) is 6.00. The fourth-order valence-electron chi connectivity index (χ4n) is 1.10. The first kappa shape index (κ1) is 22.2. The number of nitrogens with zero attached hydrogens (tertiary/aromatic N) is 1. The van der Waals surface area contributed by atoms with Gasteiger partial charge < -0.3 is 14.4 Å². The topological polar surface area (TPSA) is 55.8 Å². The molecule has 0 spiro atoms. The zero-order valence-corrected chi connectivity index (χ0v) is 14.9. The van der Waals surface area contributed by atoms with E-state index in [1.807, 2.05) is 33.0 Å². The van der Waals surface area contributed by atoms with E-state index < -0.39 is 0 Å². The largest absolute Gasteiger partial charge is 0.465 e. The zero-order chi connectivity index (χ0) is 17.0. The Morgan fingerprint density at radius 3 is 1.71 bits per heavy atom. The molecule has 0 aromatic heterocycles. The van der Waals surface area contributed by atoms with Crippen molar-refractivity contribution in [2.75, 3.05) is 27.7 Å². The Hall–Kier alpha value is -1.10. The molecule has 0 aliphatic carbocycles. The minimum atomic E-state index is -0.213. The molecule has 0 aromatic rings. The molecule has 1 atom stereocenters. The minimum Gasteiger partial charge on any atom is -0.465 e. The highest BCUT2D eigenvalue weighted by Crippen LogP contribution is 2.08. The number of carbonyl (C=O) groups is 2. The van der Waals surface area contributed by atoms with E-state index in [1.165, 1.54) is 0 Å². The molecule has 126 valence electrons. The Balaban J connectivity index is 0. The highest BCUT2D eigenvalue weighted by atomic mass is 16.6. The first-order valence-corrected chi connectivity index (χ1v) is 7.59. The maximum Gasteiger partial charge on any atom is 0.308 e. The summed E-state index contributed by atoms with van der Waals surface area (Å²) in [6.07, 6.45) is 1.13. The van der Waals surface area contributed by atoms with Crippen molar-refractivity contribution in [3.8, 4) is 0 Å². The van der Waals surface area contributed by atoms with Gasteiger partial charge >= 0.3 is 11.9 Å². The summed E-state index contributed by atoms with van der Waals surface area (Å²) in [6, 6.07) is 0. The summed E-state index contributed by atoms with van der Waals surface area (Å²) < 4.78 is 10.3. The lowest BCUT2D eigenvalue weighted by Crippen LogP contribution is -2.23. The van der Waals surface area contributed by atoms with Gasteiger partial charge in [-0.3, -0.25) is 9.59 Å². The summed E-state index contributed by atoms with van der Waals surface area (Å²) in [5.74, 6) is -0.655. The van der Waals surface area contributed by atoms with E-state index in [0.29, 0.717) is 13.0 Å². The fraction of sp³-hybridized carbons (Fsp3) is 0.875. The average molecular weight is 303 g/mol. The zero-order valence-electron chi connectivity index (χ0n) is 14.9. The van der Waals surface area contributed by atoms with E-state index in [-0.39, 0.29) is 29.9 Å². The summed E-state index contributed by atoms with van der Waals surface area (Å²) >= 11 is 0. The van der Waals surface area contributed by atoms with Gasteiger partial charge in [0.25, 0.3) is 0 Å². The third kappa shape index (κ3) is 15.1. The van der Waals surface area contributed by atoms with E-state index in [2.05, 4.69) is 0 Å². The van der Waals surface area contributed by atoms with Gasteiger partial charge in [0, 0.05) is 6.42 Å². The van der Waals surface area contributed by atoms with E-state index in [1.54, 1.807) is 27.7 Å². The molecule has 5 heteroatoms. The quantitative estimate of drug-likeness (QED) is 0.677. The normalized spacial score (nSPS) is 12.0. The molecule has 0 saturated carbocycles. The van der Waals surface area contributed by atoms with Gasteiger partial charge in [-0.05, 0) is 27.6 Å². The smallest absolute Gasteiger partial charge is 0.308 e. The van der Waals surface area contributed by atoms with Crippen molar-refractivity contribution in [1.29, 1.82) is 0 Å². The number of esters is 2. The standard InChI is InChI=1S/C13H24O4.C3H9N/c1-6-11(17-13(15)10(4)5)7-8-16-12(14)9(2)3;1-4(2)3/h9-11H,6-8H2,1-5H3;1-3H3. The van der Waals surface area contributed by atoms with Gasteiger partial charge in [0.05, 0.1) is 18.4 Å². The molecule has 0 N–H and O–H groups in total. The van der Waals surface area contributed by atoms with Crippen LogP contribution < -0.4 is 0 Å². The van der Waals surface area contributed by atoms with Crippen LogP contribution in [0.3, 0.4) is 0 Å². The molecule has 1 unspecified atom stereocenters. The Bertz CT molecular complexity index is 285. The van der Waals surface area contributed by atoms with Crippen molar-refractivity contribution < 1.29 is 19.1 Å². The summed E-state index contributed by atoms with van der Waals surface area (Å²) in [5, 5.41) is 0. The Labute approximate surface area is 130 Å². The first-order chi connectivity index (χ1) is 9.61. The number of hydrogen-bond donors (Lipinski definition) is 0. The van der Waals surface area contributed by atoms with Crippen molar-refractivity contribution in [1.82, 2.24) is 4.90 Å². The van der Waals surface area contributed by atoms with Crippen molar-refractivity contribution >= 4 is 11.9 Å². The van der Waals surface area contributed by atoms with E-state index in [4.69, 9.17) is 9.47 Å². The maximum atomic E-state index is 11.4. The van der Waals surface area contributed by atoms with Crippen LogP contribution in [-0.4, -0.2) is 50.7 Å². The molecular formula is C16H33NO4. The molecule has 0 aliphatic heterocycles. The number of hydrogen-bond acceptors (Lipinski definition) is 5. The van der Waals surface area contributed by atoms with E-state index in [9.17, 15) is 9.59 Å². The second kappa shape index (κ2) is 12.6. The van der Waals surface area contributed by atoms with Crippen LogP contribution in [0.5, 0.6) is 0 Å². The Morgan fingerprint density at radius 2 is 1.38 bits per heavy atom. The van der Waals surface area contributed by atoms with Crippen molar-refractivity contribution in [3.05, 3.63) is 0 Å². The second-order valence-corrected chi connectivity index (χ2v) is 6.07. The Morgan fingerprint density at radius 1 is 0.952 bits per heavy atom. The molecule has 0 radical (unpaired) electrons. The lowest BCUT2D eigenvalue weighted by atomic mass is 10.2. The van der Waals surface area contributed by atoms with Crippen LogP contribution >= 0.6 is 0 Å². The van der Waals surface area contributed by atoms with Crippen molar-refractivity contribution in [2.45, 2.75) is 53.6 Å². The molecule has 0 aliphatic rings. The highest BCUT2D eigenvalue weighted by Gasteiger charge is 2.16. The molecule has 5 nitrogen and oxygen atoms in total. The third-order valence-electron chi connectivity index (χ3n) is 2.37. The maximum absolute atomic E-state index is 11.4. The lowest BCUT2D eigenvalue weighted by molar-refractivity contribution is -0.155. The SMILES string of the molecule is CCC(CCOC(=O)C(C)C)OC(=O)C(C)C.CN(C)C. The monoisotopic (exact) mass is 303 g/mol. The van der Waals surface area contributed by atoms with Gasteiger partial charge in [0.15, 0.2) is 0 Å². The predicted octanol–water partition coefficient (Wildman–Crippen LogP) is 2.73. The van der Waals surface area contributed by atoms with Crippen LogP contribution in [0.25, 0.3) is 0 Å². The van der Waals surface area contributed by atoms with Gasteiger partial charge in [-0.2, -0.15) is 0 Å². The van der Waals surface area contributed by atoms with Gasteiger partial charge in [-0.1, -0.05) is 34.6 Å². The predicted molar refractivity (Wildman–Crippen MR) is 85.0 cm³/mol. The molecule has 0 amide bonds. The molecule has 0 rings (SSSR count). The van der Waals surface area contributed by atoms with Crippen LogP contribution in [0, 0.1) is 11.8 Å². The summed E-state index contributed by atoms with van der Waals surface area (Å²) in [4.78, 5) is 24.6. The first-order valence-electron chi connectivity index (χ1n) is 7.59. The number of rotatable bonds is 7. The van der Waals surface area contributed by atoms with Gasteiger partial charge in [-0.15, -0.1) is 0 Å². The van der Waals surface area contributed by atoms with Crippen molar-refractivity contribution in [3.63, 3.8) is 0 Å². The Kier molecular flexibility index (Phi) is 13.3. The lowest BCUT2D eigenvalue weighted by Gasteiger charge is -2.17. The van der Waals surface area contributed by atoms with Gasteiger partial charge in [0.1, 0.15) is 6.10 Å². The van der Waals surface area contributed by atoms with Crippen LogP contribution in [0.1, 0.15) is 47.5 Å². The molecule has 0 saturated heterocycles. The van der Waals surface area contributed by atoms with Crippen molar-refractivity contribution in [2.24, 2.45) is 11.8 Å². The minimum absolute atomic E-state index is 0.117. The van der Waals surface area contributed by atoms with Gasteiger partial charge in [-0.25, -0.2) is 0 Å². The van der Waals surface area contributed by atoms with Crippen LogP contribution in [-0.2, 0) is 19.1 Å². The van der Waals surface area contributed by atoms with Crippen LogP contribution in [0.15, 0.2) is 0 Å². The third-order valence-corrected chi connectivity index (χ3v) is 2.37. The number of ether oxygens (including phenoxy) is 2. The molecule has 0 aromatic carbocycles. The highest BCUT2D eigenvalue weighted by molar-refractivity contribution is 5.72. The summed E-state index contributed by atoms with van der Waals surface area (Å²) in [5.41, 5.74) is 0. The molecule has 21 heavy (non-hydrogen) atoms. The van der Waals surface area contributed by atoms with Crippen LogP contribution in [0.4, 0.5) is 0 Å². The van der Waals surface area contributed by atoms with Crippen LogP contribution in [0.2, 0.25) is 0 Å². The van der Waals surface area contributed by atoms with E-state index >= 15 is 0 Å². The van der Waals surface area contributed by atoms with Gasteiger partial charge in [0.2, 0.25) is 0 Å². The average Bonchev–Trinajstić information content (AvgIpc) is 2.35. The summed E-state index contributed by atoms with van der Waals surface area (Å²) in [6.45, 7) is 9.43. The van der Waals surface area contributed by atoms with E-state index in [0.717, 1.165) is 6.42 Å².